The molecule has 1 aliphatic heterocycles. The molecule has 1 saturated heterocycles. The molecule has 2 aromatic heterocycles. The molecule has 2 saturated carbocycles. The number of nitrogens with one attached hydrogen (secondary N) is 1. The molecule has 1 unspecified atom stereocenters. The third-order valence-corrected chi connectivity index (χ3v) is 9.07. The van der Waals surface area contributed by atoms with Gasteiger partial charge < -0.3 is 9.88 Å². The molecule has 4 aliphatic rings. The van der Waals surface area contributed by atoms with Crippen molar-refractivity contribution < 1.29 is 0 Å². The number of aromatic nitrogens is 3. The lowest BCUT2D eigenvalue weighted by molar-refractivity contribution is 0.104. The molecule has 3 fully saturated rings. The molecule has 3 heterocycles. The summed E-state index contributed by atoms with van der Waals surface area (Å²) in [7, 11) is 0. The Morgan fingerprint density at radius 3 is 2.38 bits per heavy atom. The summed E-state index contributed by atoms with van der Waals surface area (Å²) in [5, 5.41) is 6.57. The van der Waals surface area contributed by atoms with E-state index in [2.05, 4.69) is 14.6 Å². The highest BCUT2D eigenvalue weighted by Gasteiger charge is 2.31. The van der Waals surface area contributed by atoms with Crippen molar-refractivity contribution in [3.8, 4) is 0 Å². The van der Waals surface area contributed by atoms with E-state index in [0.717, 1.165) is 43.1 Å². The van der Waals surface area contributed by atoms with Gasteiger partial charge in [0.15, 0.2) is 0 Å². The Labute approximate surface area is 192 Å². The zero-order valence-corrected chi connectivity index (χ0v) is 19.7. The van der Waals surface area contributed by atoms with Gasteiger partial charge in [-0.15, -0.1) is 0 Å². The zero-order valence-electron chi connectivity index (χ0n) is 19.7. The van der Waals surface area contributed by atoms with Crippen LogP contribution in [0.2, 0.25) is 0 Å². The monoisotopic (exact) mass is 436 g/mol. The maximum atomic E-state index is 13.0. The molecule has 0 aromatic carbocycles. The summed E-state index contributed by atoms with van der Waals surface area (Å²) >= 11 is 0. The van der Waals surface area contributed by atoms with E-state index >= 15 is 0 Å². The molecular weight excluding hydrogens is 396 g/mol. The summed E-state index contributed by atoms with van der Waals surface area (Å²) in [6.45, 7) is 3.44. The minimum atomic E-state index is 0.150. The fourth-order valence-corrected chi connectivity index (χ4v) is 7.06. The predicted molar refractivity (Wildman–Crippen MR) is 129 cm³/mol. The first-order chi connectivity index (χ1) is 15.8. The normalized spacial score (nSPS) is 26.1. The second kappa shape index (κ2) is 8.96. The van der Waals surface area contributed by atoms with E-state index in [4.69, 9.17) is 5.10 Å². The number of nitrogens with zero attached hydrogens (tertiary/aromatic N) is 3. The summed E-state index contributed by atoms with van der Waals surface area (Å²) in [4.78, 5) is 19.1. The summed E-state index contributed by atoms with van der Waals surface area (Å²) in [5.74, 6) is 1.24. The lowest BCUT2D eigenvalue weighted by Gasteiger charge is -2.38. The minimum Gasteiger partial charge on any atom is -0.307 e. The van der Waals surface area contributed by atoms with Crippen LogP contribution in [0.4, 0.5) is 0 Å². The van der Waals surface area contributed by atoms with Gasteiger partial charge in [-0.1, -0.05) is 32.1 Å². The highest BCUT2D eigenvalue weighted by molar-refractivity contribution is 5.84. The lowest BCUT2D eigenvalue weighted by atomic mass is 9.80. The molecule has 0 amide bonds. The number of hydrogen-bond acceptors (Lipinski definition) is 3. The number of pyridine rings is 1. The van der Waals surface area contributed by atoms with Crippen LogP contribution in [-0.4, -0.2) is 38.8 Å². The molecule has 5 heteroatoms. The molecule has 1 N–H and O–H groups in total. The number of hydrogen-bond donors (Lipinski definition) is 1. The Bertz CT molecular complexity index is 1010. The third kappa shape index (κ3) is 3.85. The molecule has 2 aromatic rings. The van der Waals surface area contributed by atoms with Gasteiger partial charge in [0, 0.05) is 36.0 Å². The van der Waals surface area contributed by atoms with Crippen LogP contribution in [0, 0.1) is 5.92 Å². The van der Waals surface area contributed by atoms with Crippen molar-refractivity contribution in [2.75, 3.05) is 13.1 Å². The van der Waals surface area contributed by atoms with E-state index in [1.165, 1.54) is 107 Å². The first-order valence-electron chi connectivity index (χ1n) is 13.7. The van der Waals surface area contributed by atoms with Crippen LogP contribution >= 0.6 is 0 Å². The number of likely N-dealkylation sites (tertiary alicyclic amines) is 1. The largest absolute Gasteiger partial charge is 0.307 e. The van der Waals surface area contributed by atoms with Gasteiger partial charge in [0.1, 0.15) is 5.65 Å². The van der Waals surface area contributed by atoms with Crippen LogP contribution in [0.1, 0.15) is 106 Å². The Morgan fingerprint density at radius 2 is 1.62 bits per heavy atom. The fraction of sp³-hybridized carbons (Fsp3) is 0.778. The van der Waals surface area contributed by atoms with Gasteiger partial charge in [-0.2, -0.15) is 5.10 Å². The molecule has 0 radical (unpaired) electrons. The van der Waals surface area contributed by atoms with Crippen LogP contribution in [-0.2, 0) is 19.4 Å². The van der Waals surface area contributed by atoms with Gasteiger partial charge in [-0.3, -0.25) is 4.79 Å². The summed E-state index contributed by atoms with van der Waals surface area (Å²) < 4.78 is 2.22. The summed E-state index contributed by atoms with van der Waals surface area (Å²) in [5.41, 5.74) is 4.88. The van der Waals surface area contributed by atoms with E-state index in [1.807, 2.05) is 0 Å². The number of piperidine rings is 1. The maximum absolute atomic E-state index is 13.0. The molecule has 0 spiro atoms. The van der Waals surface area contributed by atoms with E-state index in [1.54, 1.807) is 0 Å². The Balaban J connectivity index is 1.30. The van der Waals surface area contributed by atoms with Crippen LogP contribution in [0.15, 0.2) is 4.79 Å². The molecular formula is C27H40N4O. The standard InChI is InChI=1S/C27H40N4O/c32-27-23-15-6-5-14-22(23)24-25(20-10-7-11-20)29-31(26(24)28-27)18-19-9-8-16-30(17-19)21-12-3-1-2-4-13-21/h19-21H,1-18H2,(H,28,32). The summed E-state index contributed by atoms with van der Waals surface area (Å²) in [6, 6.07) is 0.798. The van der Waals surface area contributed by atoms with Crippen molar-refractivity contribution in [3.63, 3.8) is 0 Å². The average Bonchev–Trinajstić information content (AvgIpc) is 2.95. The number of aromatic amines is 1. The second-order valence-corrected chi connectivity index (χ2v) is 11.2. The SMILES string of the molecule is O=c1[nH]c2c(c(C3CCC3)nn2CC2CCCN(C3CCCCCC3)C2)c2c1CCCC2. The molecule has 6 rings (SSSR count). The molecule has 174 valence electrons. The maximum Gasteiger partial charge on any atom is 0.253 e. The number of aryl methyl sites for hydroxylation is 1. The van der Waals surface area contributed by atoms with Crippen LogP contribution in [0.25, 0.3) is 11.0 Å². The smallest absolute Gasteiger partial charge is 0.253 e. The molecule has 3 aliphatic carbocycles. The van der Waals surface area contributed by atoms with Crippen LogP contribution in [0.5, 0.6) is 0 Å². The van der Waals surface area contributed by atoms with E-state index in [9.17, 15) is 4.79 Å². The number of fused-ring (bicyclic) bond motifs is 3. The number of H-pyrrole nitrogens is 1. The van der Waals surface area contributed by atoms with Gasteiger partial charge in [0.25, 0.3) is 5.56 Å². The lowest BCUT2D eigenvalue weighted by Crippen LogP contribution is -2.43. The Kier molecular flexibility index (Phi) is 5.87. The highest BCUT2D eigenvalue weighted by Crippen LogP contribution is 2.41. The van der Waals surface area contributed by atoms with Crippen LogP contribution in [0.3, 0.4) is 0 Å². The number of rotatable bonds is 4. The van der Waals surface area contributed by atoms with Gasteiger partial charge in [-0.05, 0) is 82.2 Å². The van der Waals surface area contributed by atoms with Crippen molar-refractivity contribution in [3.05, 3.63) is 27.2 Å². The van der Waals surface area contributed by atoms with Gasteiger partial charge in [0.05, 0.1) is 5.69 Å². The Morgan fingerprint density at radius 1 is 0.844 bits per heavy atom. The first kappa shape index (κ1) is 20.9. The Hall–Kier alpha value is -1.62. The molecule has 5 nitrogen and oxygen atoms in total. The van der Waals surface area contributed by atoms with Gasteiger partial charge >= 0.3 is 0 Å². The van der Waals surface area contributed by atoms with E-state index < -0.39 is 0 Å². The van der Waals surface area contributed by atoms with E-state index in [-0.39, 0.29) is 5.56 Å². The average molecular weight is 437 g/mol. The van der Waals surface area contributed by atoms with Crippen molar-refractivity contribution in [1.82, 2.24) is 19.7 Å². The fourth-order valence-electron chi connectivity index (χ4n) is 7.06. The summed E-state index contributed by atoms with van der Waals surface area (Å²) in [6.07, 6.45) is 19.2. The third-order valence-electron chi connectivity index (χ3n) is 9.07. The quantitative estimate of drug-likeness (QED) is 0.661. The molecule has 1 atom stereocenters. The first-order valence-corrected chi connectivity index (χ1v) is 13.7. The van der Waals surface area contributed by atoms with E-state index in [0.29, 0.717) is 11.8 Å². The predicted octanol–water partition coefficient (Wildman–Crippen LogP) is 5.31. The minimum absolute atomic E-state index is 0.150. The molecule has 32 heavy (non-hydrogen) atoms. The van der Waals surface area contributed by atoms with Crippen molar-refractivity contribution >= 4 is 11.0 Å². The molecule has 0 bridgehead atoms. The van der Waals surface area contributed by atoms with Crippen molar-refractivity contribution in [1.29, 1.82) is 0 Å². The van der Waals surface area contributed by atoms with Gasteiger partial charge in [0.2, 0.25) is 0 Å². The topological polar surface area (TPSA) is 53.9 Å². The van der Waals surface area contributed by atoms with Crippen molar-refractivity contribution in [2.45, 2.75) is 115 Å². The van der Waals surface area contributed by atoms with Crippen molar-refractivity contribution in [2.24, 2.45) is 5.92 Å². The second-order valence-electron chi connectivity index (χ2n) is 11.2. The highest BCUT2D eigenvalue weighted by atomic mass is 16.1. The van der Waals surface area contributed by atoms with Gasteiger partial charge in [-0.25, -0.2) is 4.68 Å². The van der Waals surface area contributed by atoms with Crippen LogP contribution < -0.4 is 5.56 Å². The zero-order chi connectivity index (χ0) is 21.5.